The third-order valence-electron chi connectivity index (χ3n) is 2.26. The highest BCUT2D eigenvalue weighted by molar-refractivity contribution is 5.91. The number of carbonyl (C=O) groups excluding carboxylic acids is 1. The largest absolute Gasteiger partial charge is 0.490 e. The molecule has 0 aliphatic carbocycles. The third kappa shape index (κ3) is 5.11. The molecule has 1 amide bonds. The number of hydrogen-bond donors (Lipinski definition) is 2. The van der Waals surface area contributed by atoms with Crippen molar-refractivity contribution >= 4 is 29.7 Å². The molecule has 2 N–H and O–H groups in total. The maximum atomic E-state index is 11.5. The van der Waals surface area contributed by atoms with E-state index in [1.807, 2.05) is 0 Å². The fourth-order valence-corrected chi connectivity index (χ4v) is 1.37. The zero-order valence-electron chi connectivity index (χ0n) is 10.6. The lowest BCUT2D eigenvalue weighted by molar-refractivity contribution is -0.385. The molecule has 1 rings (SSSR count). The number of benzene rings is 1. The summed E-state index contributed by atoms with van der Waals surface area (Å²) in [4.78, 5) is 21.7. The number of nitro groups is 1. The Morgan fingerprint density at radius 1 is 1.47 bits per heavy atom. The van der Waals surface area contributed by atoms with Gasteiger partial charge in [0.2, 0.25) is 5.91 Å². The Labute approximate surface area is 116 Å². The van der Waals surface area contributed by atoms with Crippen molar-refractivity contribution in [1.29, 1.82) is 0 Å². The first-order chi connectivity index (χ1) is 8.58. The van der Waals surface area contributed by atoms with Crippen LogP contribution >= 0.6 is 12.4 Å². The number of methoxy groups -OCH3 is 1. The van der Waals surface area contributed by atoms with E-state index in [1.165, 1.54) is 19.2 Å². The van der Waals surface area contributed by atoms with Gasteiger partial charge in [-0.3, -0.25) is 14.9 Å². The molecule has 0 spiro atoms. The van der Waals surface area contributed by atoms with Gasteiger partial charge in [-0.1, -0.05) is 0 Å². The molecular weight excluding hydrogens is 274 g/mol. The van der Waals surface area contributed by atoms with Crippen molar-refractivity contribution in [2.45, 2.75) is 6.42 Å². The molecular formula is C11H16ClN3O4. The predicted molar refractivity (Wildman–Crippen MR) is 74.1 cm³/mol. The molecule has 1 aromatic rings. The normalized spacial score (nSPS) is 9.37. The molecule has 0 radical (unpaired) electrons. The van der Waals surface area contributed by atoms with Crippen LogP contribution in [0.15, 0.2) is 18.2 Å². The van der Waals surface area contributed by atoms with Gasteiger partial charge in [0.1, 0.15) is 0 Å². The molecule has 1 aromatic carbocycles. The lowest BCUT2D eigenvalue weighted by atomic mass is 10.2. The van der Waals surface area contributed by atoms with E-state index in [-0.39, 0.29) is 29.8 Å². The number of amides is 1. The third-order valence-corrected chi connectivity index (χ3v) is 2.26. The van der Waals surface area contributed by atoms with Crippen LogP contribution in [-0.2, 0) is 4.79 Å². The Balaban J connectivity index is 0.00000324. The number of anilines is 1. The lowest BCUT2D eigenvalue weighted by Crippen LogP contribution is -2.18. The fourth-order valence-electron chi connectivity index (χ4n) is 1.37. The summed E-state index contributed by atoms with van der Waals surface area (Å²) in [7, 11) is 3.10. The number of nitrogens with zero attached hydrogens (tertiary/aromatic N) is 1. The topological polar surface area (TPSA) is 93.5 Å². The van der Waals surface area contributed by atoms with Crippen molar-refractivity contribution in [3.05, 3.63) is 28.3 Å². The minimum atomic E-state index is -0.553. The van der Waals surface area contributed by atoms with Gasteiger partial charge in [-0.05, 0) is 19.2 Å². The summed E-state index contributed by atoms with van der Waals surface area (Å²) in [5.41, 5.74) is 0.201. The van der Waals surface area contributed by atoms with Crippen LogP contribution in [-0.4, -0.2) is 31.5 Å². The Morgan fingerprint density at radius 3 is 2.68 bits per heavy atom. The van der Waals surface area contributed by atoms with Crippen LogP contribution in [0.1, 0.15) is 6.42 Å². The first-order valence-electron chi connectivity index (χ1n) is 5.35. The number of rotatable bonds is 6. The Bertz CT molecular complexity index is 454. The summed E-state index contributed by atoms with van der Waals surface area (Å²) in [6.07, 6.45) is 0.302. The van der Waals surface area contributed by atoms with E-state index in [1.54, 1.807) is 13.1 Å². The van der Waals surface area contributed by atoms with E-state index in [4.69, 9.17) is 4.74 Å². The molecule has 0 aliphatic heterocycles. The van der Waals surface area contributed by atoms with Gasteiger partial charge >= 0.3 is 5.69 Å². The first-order valence-corrected chi connectivity index (χ1v) is 5.35. The highest BCUT2D eigenvalue weighted by Crippen LogP contribution is 2.29. The first kappa shape index (κ1) is 17.1. The van der Waals surface area contributed by atoms with Crippen LogP contribution in [0.25, 0.3) is 0 Å². The van der Waals surface area contributed by atoms with Crippen LogP contribution < -0.4 is 15.4 Å². The molecule has 0 bridgehead atoms. The van der Waals surface area contributed by atoms with Crippen molar-refractivity contribution in [2.75, 3.05) is 26.0 Å². The number of nitrogens with one attached hydrogen (secondary N) is 2. The highest BCUT2D eigenvalue weighted by Gasteiger charge is 2.15. The van der Waals surface area contributed by atoms with Crippen molar-refractivity contribution in [3.63, 3.8) is 0 Å². The second-order valence-corrected chi connectivity index (χ2v) is 3.55. The van der Waals surface area contributed by atoms with E-state index >= 15 is 0 Å². The van der Waals surface area contributed by atoms with Crippen molar-refractivity contribution < 1.29 is 14.5 Å². The molecule has 8 heteroatoms. The summed E-state index contributed by atoms with van der Waals surface area (Å²) in [5, 5.41) is 16.2. The van der Waals surface area contributed by atoms with E-state index in [9.17, 15) is 14.9 Å². The highest BCUT2D eigenvalue weighted by atomic mass is 35.5. The molecule has 0 saturated heterocycles. The zero-order valence-corrected chi connectivity index (χ0v) is 11.5. The van der Waals surface area contributed by atoms with Crippen molar-refractivity contribution in [2.24, 2.45) is 0 Å². The van der Waals surface area contributed by atoms with Crippen molar-refractivity contribution in [3.8, 4) is 5.75 Å². The average molecular weight is 290 g/mol. The quantitative estimate of drug-likeness (QED) is 0.612. The lowest BCUT2D eigenvalue weighted by Gasteiger charge is -2.07. The molecule has 0 aromatic heterocycles. The number of nitro benzene ring substituents is 1. The van der Waals surface area contributed by atoms with Gasteiger partial charge < -0.3 is 15.4 Å². The van der Waals surface area contributed by atoms with Gasteiger partial charge in [0.25, 0.3) is 0 Å². The van der Waals surface area contributed by atoms with Gasteiger partial charge in [-0.25, -0.2) is 0 Å². The maximum absolute atomic E-state index is 11.5. The smallest absolute Gasteiger partial charge is 0.312 e. The predicted octanol–water partition coefficient (Wildman–Crippen LogP) is 1.57. The number of carbonyl (C=O) groups is 1. The zero-order chi connectivity index (χ0) is 13.5. The van der Waals surface area contributed by atoms with Crippen molar-refractivity contribution in [1.82, 2.24) is 5.32 Å². The summed E-state index contributed by atoms with van der Waals surface area (Å²) in [5.74, 6) is -0.0444. The average Bonchev–Trinajstić information content (AvgIpc) is 2.36. The second-order valence-electron chi connectivity index (χ2n) is 3.55. The minimum absolute atomic E-state index is 0. The van der Waals surface area contributed by atoms with Gasteiger partial charge in [-0.15, -0.1) is 12.4 Å². The Kier molecular flexibility index (Phi) is 7.47. The van der Waals surface area contributed by atoms with E-state index in [0.717, 1.165) is 0 Å². The molecule has 7 nitrogen and oxygen atoms in total. The van der Waals surface area contributed by atoms with E-state index < -0.39 is 4.92 Å². The molecule has 0 unspecified atom stereocenters. The summed E-state index contributed by atoms with van der Waals surface area (Å²) in [6.45, 7) is 0.546. The summed E-state index contributed by atoms with van der Waals surface area (Å²) in [6, 6.07) is 4.28. The van der Waals surface area contributed by atoms with Crippen LogP contribution in [0.2, 0.25) is 0 Å². The van der Waals surface area contributed by atoms with E-state index in [2.05, 4.69) is 10.6 Å². The molecule has 0 atom stereocenters. The fraction of sp³-hybridized carbons (Fsp3) is 0.364. The number of halogens is 1. The molecule has 0 aliphatic rings. The van der Waals surface area contributed by atoms with Gasteiger partial charge in [0.05, 0.1) is 12.0 Å². The monoisotopic (exact) mass is 289 g/mol. The molecule has 0 fully saturated rings. The van der Waals surface area contributed by atoms with Crippen LogP contribution in [0.4, 0.5) is 11.4 Å². The van der Waals surface area contributed by atoms with Crippen LogP contribution in [0.3, 0.4) is 0 Å². The Hall–Kier alpha value is -1.86. The number of ether oxygens (including phenoxy) is 1. The SMILES string of the molecule is CNCCC(=O)Nc1ccc(OC)c([N+](=O)[O-])c1.Cl. The molecule has 0 heterocycles. The standard InChI is InChI=1S/C11H15N3O4.ClH/c1-12-6-5-11(15)13-8-3-4-10(18-2)9(7-8)14(16)17;/h3-4,7,12H,5-6H2,1-2H3,(H,13,15);1H. The summed E-state index contributed by atoms with van der Waals surface area (Å²) < 4.78 is 4.87. The van der Waals surface area contributed by atoms with Crippen LogP contribution in [0.5, 0.6) is 5.75 Å². The summed E-state index contributed by atoms with van der Waals surface area (Å²) >= 11 is 0. The molecule has 0 saturated carbocycles. The molecule has 19 heavy (non-hydrogen) atoms. The van der Waals surface area contributed by atoms with E-state index in [0.29, 0.717) is 18.7 Å². The minimum Gasteiger partial charge on any atom is -0.490 e. The maximum Gasteiger partial charge on any atom is 0.312 e. The van der Waals surface area contributed by atoms with Gasteiger partial charge in [-0.2, -0.15) is 0 Å². The van der Waals surface area contributed by atoms with Crippen LogP contribution in [0, 0.1) is 10.1 Å². The Morgan fingerprint density at radius 2 is 2.16 bits per heavy atom. The van der Waals surface area contributed by atoms with Gasteiger partial charge in [0, 0.05) is 24.7 Å². The number of hydrogen-bond acceptors (Lipinski definition) is 5. The second kappa shape index (κ2) is 8.28. The van der Waals surface area contributed by atoms with Gasteiger partial charge in [0.15, 0.2) is 5.75 Å². The molecule has 106 valence electrons.